The van der Waals surface area contributed by atoms with E-state index in [1.54, 1.807) is 7.11 Å². The zero-order valence-corrected chi connectivity index (χ0v) is 22.6. The summed E-state index contributed by atoms with van der Waals surface area (Å²) < 4.78 is 7.45. The summed E-state index contributed by atoms with van der Waals surface area (Å²) in [5.74, 6) is 2.14. The molecule has 2 aliphatic rings. The maximum Gasteiger partial charge on any atom is 0.128 e. The zero-order valence-electron chi connectivity index (χ0n) is 22.6. The summed E-state index contributed by atoms with van der Waals surface area (Å²) in [6, 6.07) is 12.9. The van der Waals surface area contributed by atoms with E-state index in [0.717, 1.165) is 53.2 Å². The molecule has 0 bridgehead atoms. The van der Waals surface area contributed by atoms with E-state index in [2.05, 4.69) is 68.6 Å². The molecule has 6 rings (SSSR count). The smallest absolute Gasteiger partial charge is 0.128 e. The molecule has 1 aromatic carbocycles. The SMILES string of the molecule is COCC(CNc1cc2cc(-c3cnn(C)c3)ccc2cn1)c1ccnc(N2CC3(CCN(C)CC3)C2)c1. The second-order valence-corrected chi connectivity index (χ2v) is 11.2. The van der Waals surface area contributed by atoms with Crippen LogP contribution >= 0.6 is 0 Å². The summed E-state index contributed by atoms with van der Waals surface area (Å²) in [6.07, 6.45) is 10.4. The number of fused-ring (bicyclic) bond motifs is 1. The number of nitrogens with one attached hydrogen (secondary N) is 1. The Labute approximate surface area is 224 Å². The van der Waals surface area contributed by atoms with Crippen molar-refractivity contribution in [3.63, 3.8) is 0 Å². The summed E-state index contributed by atoms with van der Waals surface area (Å²) in [4.78, 5) is 14.3. The fraction of sp³-hybridized carbons (Fsp3) is 0.433. The Morgan fingerprint density at radius 1 is 0.974 bits per heavy atom. The first-order valence-electron chi connectivity index (χ1n) is 13.5. The van der Waals surface area contributed by atoms with Crippen LogP contribution in [0.15, 0.2) is 61.2 Å². The van der Waals surface area contributed by atoms with E-state index in [4.69, 9.17) is 9.72 Å². The van der Waals surface area contributed by atoms with Crippen LogP contribution in [-0.2, 0) is 11.8 Å². The van der Waals surface area contributed by atoms with Gasteiger partial charge in [0.25, 0.3) is 0 Å². The number of anilines is 2. The van der Waals surface area contributed by atoms with E-state index in [0.29, 0.717) is 12.0 Å². The molecule has 8 nitrogen and oxygen atoms in total. The van der Waals surface area contributed by atoms with Crippen LogP contribution in [0.3, 0.4) is 0 Å². The average Bonchev–Trinajstić information content (AvgIpc) is 3.36. The number of hydrogen-bond acceptors (Lipinski definition) is 7. The lowest BCUT2D eigenvalue weighted by molar-refractivity contribution is 0.0900. The van der Waals surface area contributed by atoms with Crippen molar-refractivity contribution in [2.45, 2.75) is 18.8 Å². The fourth-order valence-corrected chi connectivity index (χ4v) is 5.89. The molecule has 1 N–H and O–H groups in total. The number of nitrogens with zero attached hydrogens (tertiary/aromatic N) is 6. The number of hydrogen-bond donors (Lipinski definition) is 1. The first-order valence-corrected chi connectivity index (χ1v) is 13.5. The summed E-state index contributed by atoms with van der Waals surface area (Å²) in [7, 11) is 5.93. The van der Waals surface area contributed by atoms with Crippen LogP contribution in [0.5, 0.6) is 0 Å². The molecular formula is C30H37N7O. The number of rotatable bonds is 8. The van der Waals surface area contributed by atoms with Crippen LogP contribution in [-0.4, -0.2) is 78.1 Å². The van der Waals surface area contributed by atoms with Gasteiger partial charge in [-0.1, -0.05) is 12.1 Å². The minimum atomic E-state index is 0.194. The number of benzene rings is 1. The number of aryl methyl sites for hydroxylation is 1. The molecule has 3 aromatic heterocycles. The number of piperidine rings is 1. The highest BCUT2D eigenvalue weighted by Crippen LogP contribution is 2.42. The molecule has 2 fully saturated rings. The first-order chi connectivity index (χ1) is 18.5. The van der Waals surface area contributed by atoms with E-state index in [9.17, 15) is 0 Å². The fourth-order valence-electron chi connectivity index (χ4n) is 5.89. The van der Waals surface area contributed by atoms with Gasteiger partial charge >= 0.3 is 0 Å². The molecule has 1 spiro atoms. The van der Waals surface area contributed by atoms with Crippen molar-refractivity contribution in [3.05, 3.63) is 66.7 Å². The normalized spacial score (nSPS) is 18.0. The van der Waals surface area contributed by atoms with Crippen molar-refractivity contribution in [1.82, 2.24) is 24.6 Å². The highest BCUT2D eigenvalue weighted by atomic mass is 16.5. The maximum absolute atomic E-state index is 5.62. The third-order valence-corrected chi connectivity index (χ3v) is 8.32. The minimum absolute atomic E-state index is 0.194. The van der Waals surface area contributed by atoms with E-state index in [1.807, 2.05) is 36.5 Å². The van der Waals surface area contributed by atoms with Crippen molar-refractivity contribution in [2.75, 3.05) is 63.7 Å². The molecule has 0 saturated carbocycles. The molecule has 1 atom stereocenters. The maximum atomic E-state index is 5.62. The van der Waals surface area contributed by atoms with Gasteiger partial charge < -0.3 is 19.9 Å². The molecular weight excluding hydrogens is 474 g/mol. The third kappa shape index (κ3) is 5.11. The quantitative estimate of drug-likeness (QED) is 0.376. The molecule has 1 unspecified atom stereocenters. The first kappa shape index (κ1) is 24.8. The number of methoxy groups -OCH3 is 1. The summed E-state index contributed by atoms with van der Waals surface area (Å²) in [5, 5.41) is 10.1. The van der Waals surface area contributed by atoms with E-state index in [-0.39, 0.29) is 5.92 Å². The third-order valence-electron chi connectivity index (χ3n) is 8.32. The molecule has 4 aromatic rings. The molecule has 2 saturated heterocycles. The van der Waals surface area contributed by atoms with Crippen LogP contribution in [0.2, 0.25) is 0 Å². The van der Waals surface area contributed by atoms with Gasteiger partial charge in [0, 0.05) is 74.7 Å². The Bertz CT molecular complexity index is 1400. The van der Waals surface area contributed by atoms with Gasteiger partial charge in [-0.3, -0.25) is 4.68 Å². The number of aromatic nitrogens is 4. The Balaban J connectivity index is 1.14. The lowest BCUT2D eigenvalue weighted by atomic mass is 9.72. The van der Waals surface area contributed by atoms with Gasteiger partial charge in [-0.15, -0.1) is 0 Å². The second-order valence-electron chi connectivity index (χ2n) is 11.2. The van der Waals surface area contributed by atoms with Gasteiger partial charge in [-0.05, 0) is 73.8 Å². The predicted octanol–water partition coefficient (Wildman–Crippen LogP) is 4.40. The van der Waals surface area contributed by atoms with E-state index < -0.39 is 0 Å². The van der Waals surface area contributed by atoms with Crippen molar-refractivity contribution < 1.29 is 4.74 Å². The Morgan fingerprint density at radius 2 is 1.82 bits per heavy atom. The Morgan fingerprint density at radius 3 is 2.58 bits per heavy atom. The summed E-state index contributed by atoms with van der Waals surface area (Å²) in [5.41, 5.74) is 3.99. The number of likely N-dealkylation sites (tertiary alicyclic amines) is 1. The lowest BCUT2D eigenvalue weighted by Gasteiger charge is -2.54. The van der Waals surface area contributed by atoms with Crippen LogP contribution < -0.4 is 10.2 Å². The topological polar surface area (TPSA) is 71.3 Å². The number of ether oxygens (including phenoxy) is 1. The largest absolute Gasteiger partial charge is 0.384 e. The van der Waals surface area contributed by atoms with Gasteiger partial charge in [-0.2, -0.15) is 5.10 Å². The summed E-state index contributed by atoms with van der Waals surface area (Å²) >= 11 is 0. The Hall–Kier alpha value is -3.49. The van der Waals surface area contributed by atoms with Crippen molar-refractivity contribution in [2.24, 2.45) is 12.5 Å². The van der Waals surface area contributed by atoms with Gasteiger partial charge in [0.1, 0.15) is 11.6 Å². The zero-order chi connectivity index (χ0) is 26.1. The molecule has 0 radical (unpaired) electrons. The lowest BCUT2D eigenvalue weighted by Crippen LogP contribution is -2.60. The van der Waals surface area contributed by atoms with Crippen molar-refractivity contribution >= 4 is 22.4 Å². The van der Waals surface area contributed by atoms with Gasteiger partial charge in [0.2, 0.25) is 0 Å². The van der Waals surface area contributed by atoms with E-state index in [1.165, 1.54) is 31.5 Å². The van der Waals surface area contributed by atoms with E-state index >= 15 is 0 Å². The average molecular weight is 512 g/mol. The molecule has 198 valence electrons. The molecule has 5 heterocycles. The summed E-state index contributed by atoms with van der Waals surface area (Å²) in [6.45, 7) is 6.01. The number of pyridine rings is 2. The molecule has 2 aliphatic heterocycles. The van der Waals surface area contributed by atoms with Crippen LogP contribution in [0.25, 0.3) is 21.9 Å². The van der Waals surface area contributed by atoms with Gasteiger partial charge in [0.05, 0.1) is 12.8 Å². The minimum Gasteiger partial charge on any atom is -0.384 e. The predicted molar refractivity (Wildman–Crippen MR) is 153 cm³/mol. The Kier molecular flexibility index (Phi) is 6.76. The van der Waals surface area contributed by atoms with Crippen LogP contribution in [0.4, 0.5) is 11.6 Å². The van der Waals surface area contributed by atoms with Crippen molar-refractivity contribution in [3.8, 4) is 11.1 Å². The highest BCUT2D eigenvalue weighted by molar-refractivity contribution is 5.88. The van der Waals surface area contributed by atoms with Gasteiger partial charge in [-0.25, -0.2) is 9.97 Å². The molecule has 38 heavy (non-hydrogen) atoms. The van der Waals surface area contributed by atoms with Gasteiger partial charge in [0.15, 0.2) is 0 Å². The standard InChI is InChI=1S/C30H37N7O/c1-35-10-7-30(8-11-35)20-37(21-30)29-14-23(6-9-31-29)27(19-38-3)16-33-28-13-25-12-22(4-5-24(25)15-32-28)26-17-34-36(2)18-26/h4-6,9,12-15,17-18,27H,7-8,10-11,16,19-21H2,1-3H3,(H,32,33). The molecule has 8 heteroatoms. The highest BCUT2D eigenvalue weighted by Gasteiger charge is 2.44. The molecule has 0 amide bonds. The second kappa shape index (κ2) is 10.3. The van der Waals surface area contributed by atoms with Crippen molar-refractivity contribution in [1.29, 1.82) is 0 Å². The van der Waals surface area contributed by atoms with Crippen LogP contribution in [0, 0.1) is 5.41 Å². The van der Waals surface area contributed by atoms with Crippen LogP contribution in [0.1, 0.15) is 24.3 Å². The molecule has 0 aliphatic carbocycles. The monoisotopic (exact) mass is 511 g/mol.